The number of ketones is 1. The van der Waals surface area contributed by atoms with Crippen molar-refractivity contribution in [1.29, 1.82) is 0 Å². The second-order valence-electron chi connectivity index (χ2n) is 3.81. The summed E-state index contributed by atoms with van der Waals surface area (Å²) in [5, 5.41) is 0. The predicted molar refractivity (Wildman–Crippen MR) is 80.0 cm³/mol. The van der Waals surface area contributed by atoms with Gasteiger partial charge < -0.3 is 9.13 Å². The largest absolute Gasteiger partial charge is 0.316 e. The molecule has 19 heavy (non-hydrogen) atoms. The maximum absolute atomic E-state index is 12.1. The summed E-state index contributed by atoms with van der Waals surface area (Å²) in [5.74, 6) is -0.232. The molecule has 0 fully saturated rings. The molecule has 0 aliphatic rings. The quantitative estimate of drug-likeness (QED) is 0.577. The van der Waals surface area contributed by atoms with Crippen molar-refractivity contribution in [2.45, 2.75) is 6.54 Å². The highest BCUT2D eigenvalue weighted by Crippen LogP contribution is 2.32. The first-order chi connectivity index (χ1) is 8.90. The van der Waals surface area contributed by atoms with Crippen LogP contribution < -0.4 is 11.1 Å². The van der Waals surface area contributed by atoms with Crippen molar-refractivity contribution in [1.82, 2.24) is 9.13 Å². The normalized spacial score (nSPS) is 10.7. The number of carbonyl (C=O) groups excluding carboxylic acids is 1. The summed E-state index contributed by atoms with van der Waals surface area (Å²) in [6.07, 6.45) is 2.88. The third-order valence-corrected chi connectivity index (χ3v) is 4.84. The summed E-state index contributed by atoms with van der Waals surface area (Å²) in [7, 11) is 1.49. The summed E-state index contributed by atoms with van der Waals surface area (Å²) in [5.41, 5.74) is -0.867. The van der Waals surface area contributed by atoms with Crippen LogP contribution >= 0.6 is 43.2 Å². The van der Waals surface area contributed by atoms with Crippen molar-refractivity contribution < 1.29 is 4.79 Å². The molecular weight excluding hydrogens is 400 g/mol. The number of halogens is 2. The molecule has 0 saturated carbocycles. The minimum absolute atomic E-state index is 0.156. The zero-order chi connectivity index (χ0) is 14.2. The molecule has 2 aromatic heterocycles. The third kappa shape index (κ3) is 2.96. The van der Waals surface area contributed by atoms with Crippen molar-refractivity contribution in [2.24, 2.45) is 7.05 Å². The van der Waals surface area contributed by atoms with E-state index in [0.29, 0.717) is 9.35 Å². The number of aromatic nitrogens is 2. The standard InChI is InChI=1S/C11H8Br2N2O3S/c1-14-2-3-15(11(18)10(14)17)5-7(16)6-4-8(12)19-9(6)13/h2-4H,5H2,1H3. The molecule has 5 nitrogen and oxygen atoms in total. The van der Waals surface area contributed by atoms with Gasteiger partial charge in [-0.25, -0.2) is 0 Å². The van der Waals surface area contributed by atoms with Gasteiger partial charge in [0.25, 0.3) is 0 Å². The van der Waals surface area contributed by atoms with Crippen LogP contribution in [0.3, 0.4) is 0 Å². The second kappa shape index (κ2) is 5.56. The summed E-state index contributed by atoms with van der Waals surface area (Å²) < 4.78 is 3.81. The molecule has 100 valence electrons. The van der Waals surface area contributed by atoms with E-state index in [4.69, 9.17) is 0 Å². The van der Waals surface area contributed by atoms with Crippen LogP contribution in [-0.4, -0.2) is 14.9 Å². The van der Waals surface area contributed by atoms with Crippen LogP contribution in [0.1, 0.15) is 10.4 Å². The lowest BCUT2D eigenvalue weighted by Crippen LogP contribution is -2.40. The first-order valence-corrected chi connectivity index (χ1v) is 7.54. The monoisotopic (exact) mass is 406 g/mol. The van der Waals surface area contributed by atoms with Crippen LogP contribution in [0.4, 0.5) is 0 Å². The molecule has 0 amide bonds. The van der Waals surface area contributed by atoms with Gasteiger partial charge in [-0.3, -0.25) is 14.4 Å². The Labute approximate surface area is 128 Å². The maximum atomic E-state index is 12.1. The lowest BCUT2D eigenvalue weighted by atomic mass is 10.2. The van der Waals surface area contributed by atoms with E-state index in [-0.39, 0.29) is 12.3 Å². The fraction of sp³-hybridized carbons (Fsp3) is 0.182. The summed E-state index contributed by atoms with van der Waals surface area (Å²) >= 11 is 7.95. The molecule has 0 radical (unpaired) electrons. The minimum Gasteiger partial charge on any atom is -0.312 e. The van der Waals surface area contributed by atoms with E-state index in [1.54, 1.807) is 6.07 Å². The molecular formula is C11H8Br2N2O3S. The Morgan fingerprint density at radius 3 is 2.53 bits per heavy atom. The molecule has 0 saturated heterocycles. The molecule has 2 heterocycles. The third-order valence-electron chi connectivity index (χ3n) is 2.51. The van der Waals surface area contributed by atoms with E-state index in [0.717, 1.165) is 8.35 Å². The van der Waals surface area contributed by atoms with Crippen molar-refractivity contribution in [3.05, 3.63) is 52.3 Å². The zero-order valence-electron chi connectivity index (χ0n) is 9.72. The second-order valence-corrected chi connectivity index (χ2v) is 7.56. The van der Waals surface area contributed by atoms with Crippen LogP contribution in [-0.2, 0) is 13.6 Å². The average Bonchev–Trinajstić information content (AvgIpc) is 2.69. The van der Waals surface area contributed by atoms with E-state index >= 15 is 0 Å². The van der Waals surface area contributed by atoms with Gasteiger partial charge >= 0.3 is 11.1 Å². The molecule has 0 atom stereocenters. The van der Waals surface area contributed by atoms with Gasteiger partial charge in [0.05, 0.1) is 14.1 Å². The van der Waals surface area contributed by atoms with Gasteiger partial charge in [0.1, 0.15) is 0 Å². The molecule has 0 unspecified atom stereocenters. The van der Waals surface area contributed by atoms with E-state index in [1.165, 1.54) is 35.3 Å². The molecule has 2 rings (SSSR count). The first-order valence-electron chi connectivity index (χ1n) is 5.14. The Bertz CT molecular complexity index is 760. The Morgan fingerprint density at radius 2 is 1.95 bits per heavy atom. The van der Waals surface area contributed by atoms with E-state index in [9.17, 15) is 14.4 Å². The summed E-state index contributed by atoms with van der Waals surface area (Å²) in [6, 6.07) is 1.68. The van der Waals surface area contributed by atoms with Crippen molar-refractivity contribution >= 4 is 49.0 Å². The first kappa shape index (κ1) is 14.4. The topological polar surface area (TPSA) is 61.1 Å². The fourth-order valence-electron chi connectivity index (χ4n) is 1.48. The number of hydrogen-bond acceptors (Lipinski definition) is 4. The van der Waals surface area contributed by atoms with Gasteiger partial charge in [0.15, 0.2) is 5.78 Å². The molecule has 2 aromatic rings. The lowest BCUT2D eigenvalue weighted by molar-refractivity contribution is 0.0970. The fourth-order valence-corrected chi connectivity index (χ4v) is 4.34. The van der Waals surface area contributed by atoms with E-state index < -0.39 is 11.1 Å². The Balaban J connectivity index is 2.35. The van der Waals surface area contributed by atoms with Crippen molar-refractivity contribution in [2.75, 3.05) is 0 Å². The van der Waals surface area contributed by atoms with Crippen LogP contribution in [0.15, 0.2) is 35.6 Å². The smallest absolute Gasteiger partial charge is 0.312 e. The van der Waals surface area contributed by atoms with Crippen LogP contribution in [0.25, 0.3) is 0 Å². The van der Waals surface area contributed by atoms with E-state index in [2.05, 4.69) is 31.9 Å². The van der Waals surface area contributed by atoms with Crippen molar-refractivity contribution in [3.8, 4) is 0 Å². The minimum atomic E-state index is -0.705. The van der Waals surface area contributed by atoms with Gasteiger partial charge in [-0.2, -0.15) is 0 Å². The molecule has 8 heteroatoms. The molecule has 0 bridgehead atoms. The highest BCUT2D eigenvalue weighted by atomic mass is 79.9. The highest BCUT2D eigenvalue weighted by Gasteiger charge is 2.15. The number of Topliss-reactive ketones (excluding diaryl/α,β-unsaturated/α-hetero) is 1. The zero-order valence-corrected chi connectivity index (χ0v) is 13.7. The number of thiophene rings is 1. The van der Waals surface area contributed by atoms with Crippen LogP contribution in [0.5, 0.6) is 0 Å². The number of rotatable bonds is 3. The summed E-state index contributed by atoms with van der Waals surface area (Å²) in [4.78, 5) is 35.3. The number of aryl methyl sites for hydroxylation is 1. The summed E-state index contributed by atoms with van der Waals surface area (Å²) in [6.45, 7) is -0.156. The van der Waals surface area contributed by atoms with E-state index in [1.807, 2.05) is 0 Å². The van der Waals surface area contributed by atoms with Gasteiger partial charge in [-0.05, 0) is 37.9 Å². The SMILES string of the molecule is Cn1ccn(CC(=O)c2cc(Br)sc2Br)c(=O)c1=O. The maximum Gasteiger partial charge on any atom is 0.316 e. The molecule has 0 N–H and O–H groups in total. The predicted octanol–water partition coefficient (Wildman–Crippen LogP) is 2.02. The molecule has 0 aliphatic heterocycles. The average molecular weight is 408 g/mol. The van der Waals surface area contributed by atoms with Gasteiger partial charge in [-0.15, -0.1) is 11.3 Å². The Hall–Kier alpha value is -0.990. The van der Waals surface area contributed by atoms with Gasteiger partial charge in [0, 0.05) is 25.0 Å². The highest BCUT2D eigenvalue weighted by molar-refractivity contribution is 9.12. The molecule has 0 spiro atoms. The van der Waals surface area contributed by atoms with Gasteiger partial charge in [0.2, 0.25) is 0 Å². The Kier molecular flexibility index (Phi) is 4.22. The number of nitrogens with zero attached hydrogens (tertiary/aromatic N) is 2. The van der Waals surface area contributed by atoms with Crippen LogP contribution in [0, 0.1) is 0 Å². The molecule has 0 aliphatic carbocycles. The number of carbonyl (C=O) groups is 1. The lowest BCUT2D eigenvalue weighted by Gasteiger charge is -2.04. The van der Waals surface area contributed by atoms with Crippen LogP contribution in [0.2, 0.25) is 0 Å². The van der Waals surface area contributed by atoms with Crippen molar-refractivity contribution in [3.63, 3.8) is 0 Å². The van der Waals surface area contributed by atoms with Gasteiger partial charge in [-0.1, -0.05) is 0 Å². The molecule has 0 aromatic carbocycles. The number of hydrogen-bond donors (Lipinski definition) is 0. The Morgan fingerprint density at radius 1 is 1.26 bits per heavy atom.